The van der Waals surface area contributed by atoms with Crippen molar-refractivity contribution in [3.05, 3.63) is 75.3 Å². The molecule has 2 aromatic carbocycles. The van der Waals surface area contributed by atoms with Crippen LogP contribution in [0.2, 0.25) is 0 Å². The molecule has 0 bridgehead atoms. The number of carbonyl (C=O) groups is 3. The first kappa shape index (κ1) is 32.6. The summed E-state index contributed by atoms with van der Waals surface area (Å²) in [7, 11) is 0. The number of nitrogens with zero attached hydrogens (tertiary/aromatic N) is 1. The van der Waals surface area contributed by atoms with Crippen LogP contribution in [0.25, 0.3) is 11.6 Å². The molecule has 4 atom stereocenters. The highest BCUT2D eigenvalue weighted by molar-refractivity contribution is 9.10. The van der Waals surface area contributed by atoms with Crippen LogP contribution in [0, 0.1) is 17.8 Å². The summed E-state index contributed by atoms with van der Waals surface area (Å²) in [6, 6.07) is 14.7. The lowest BCUT2D eigenvalue weighted by Gasteiger charge is -2.36. The monoisotopic (exact) mass is 655 g/mol. The van der Waals surface area contributed by atoms with Gasteiger partial charge in [0.15, 0.2) is 0 Å². The molecule has 9 nitrogen and oxygen atoms in total. The van der Waals surface area contributed by atoms with Crippen LogP contribution >= 0.6 is 15.9 Å². The SMILES string of the molecule is O=C(O)CCCCCN1C(=O)[C@@H]2[C@@H](CC(CO)=C([C@H](O)CC/C(=C/c3cc(Br)ccc3O)c3ccccc3)[C@@H]2CO)C1=O. The van der Waals surface area contributed by atoms with Crippen LogP contribution in [0.3, 0.4) is 0 Å². The number of aromatic hydroxyl groups is 1. The maximum Gasteiger partial charge on any atom is 0.303 e. The van der Waals surface area contributed by atoms with Crippen LogP contribution in [0.4, 0.5) is 0 Å². The summed E-state index contributed by atoms with van der Waals surface area (Å²) in [6.07, 6.45) is 3.01. The van der Waals surface area contributed by atoms with Crippen LogP contribution in [0.15, 0.2) is 64.1 Å². The van der Waals surface area contributed by atoms with E-state index < -0.39 is 48.9 Å². The van der Waals surface area contributed by atoms with Gasteiger partial charge in [0.05, 0.1) is 31.2 Å². The number of aliphatic hydroxyl groups is 3. The van der Waals surface area contributed by atoms with E-state index in [1.165, 1.54) is 4.90 Å². The van der Waals surface area contributed by atoms with Gasteiger partial charge in [-0.2, -0.15) is 0 Å². The lowest BCUT2D eigenvalue weighted by Crippen LogP contribution is -2.39. The molecule has 10 heteroatoms. The van der Waals surface area contributed by atoms with Crippen molar-refractivity contribution in [3.8, 4) is 5.75 Å². The number of amides is 2. The Morgan fingerprint density at radius 1 is 1.02 bits per heavy atom. The third-order valence-electron chi connectivity index (χ3n) is 8.45. The number of hydrogen-bond donors (Lipinski definition) is 5. The van der Waals surface area contributed by atoms with Gasteiger partial charge >= 0.3 is 5.97 Å². The number of aliphatic hydroxyl groups excluding tert-OH is 3. The van der Waals surface area contributed by atoms with Gasteiger partial charge in [0.2, 0.25) is 11.8 Å². The van der Waals surface area contributed by atoms with Gasteiger partial charge in [-0.3, -0.25) is 19.3 Å². The van der Waals surface area contributed by atoms with E-state index >= 15 is 0 Å². The van der Waals surface area contributed by atoms with Gasteiger partial charge in [-0.1, -0.05) is 52.7 Å². The molecule has 2 aromatic rings. The Labute approximate surface area is 259 Å². The Morgan fingerprint density at radius 2 is 1.77 bits per heavy atom. The van der Waals surface area contributed by atoms with Crippen molar-refractivity contribution in [2.75, 3.05) is 19.8 Å². The van der Waals surface area contributed by atoms with Gasteiger partial charge in [-0.15, -0.1) is 0 Å². The van der Waals surface area contributed by atoms with Gasteiger partial charge in [0, 0.05) is 28.9 Å². The zero-order chi connectivity index (χ0) is 31.1. The molecule has 1 heterocycles. The molecule has 5 N–H and O–H groups in total. The smallest absolute Gasteiger partial charge is 0.303 e. The van der Waals surface area contributed by atoms with E-state index in [1.807, 2.05) is 36.4 Å². The van der Waals surface area contributed by atoms with Crippen molar-refractivity contribution in [2.45, 2.75) is 51.0 Å². The molecule has 0 aromatic heterocycles. The van der Waals surface area contributed by atoms with Crippen LogP contribution in [0.1, 0.15) is 56.1 Å². The molecule has 0 radical (unpaired) electrons. The van der Waals surface area contributed by atoms with E-state index in [-0.39, 0.29) is 37.5 Å². The van der Waals surface area contributed by atoms with Gasteiger partial charge in [0.25, 0.3) is 0 Å². The van der Waals surface area contributed by atoms with Crippen molar-refractivity contribution in [1.82, 2.24) is 4.90 Å². The highest BCUT2D eigenvalue weighted by atomic mass is 79.9. The van der Waals surface area contributed by atoms with E-state index in [2.05, 4.69) is 15.9 Å². The highest BCUT2D eigenvalue weighted by Gasteiger charge is 2.54. The minimum Gasteiger partial charge on any atom is -0.507 e. The largest absolute Gasteiger partial charge is 0.507 e. The molecule has 0 unspecified atom stereocenters. The number of carboxylic acids is 1. The van der Waals surface area contributed by atoms with E-state index in [4.69, 9.17) is 5.11 Å². The van der Waals surface area contributed by atoms with Crippen molar-refractivity contribution in [1.29, 1.82) is 0 Å². The van der Waals surface area contributed by atoms with Crippen molar-refractivity contribution >= 4 is 45.4 Å². The first-order valence-electron chi connectivity index (χ1n) is 14.6. The Hall–Kier alpha value is -3.31. The van der Waals surface area contributed by atoms with Gasteiger partial charge in [0.1, 0.15) is 5.75 Å². The zero-order valence-corrected chi connectivity index (χ0v) is 25.4. The first-order valence-corrected chi connectivity index (χ1v) is 15.4. The number of halogens is 1. The number of allylic oxidation sites excluding steroid dienone is 1. The minimum atomic E-state index is -1.09. The number of benzene rings is 2. The standard InChI is InChI=1S/C33H38BrNO8/c34-24-11-13-27(38)22(16-24)15-21(20-7-3-1-4-8-20)10-12-28(39)30-23(18-36)17-25-31(26(30)19-37)33(43)35(32(25)42)14-6-2-5-9-29(40)41/h1,3-4,7-8,11,13,15-16,25-26,28,31,36-39H,2,5-6,9-10,12,14,17-19H2,(H,40,41)/b21-15-/t25-,26+,28-,31-/m1/s1. The maximum atomic E-state index is 13.5. The summed E-state index contributed by atoms with van der Waals surface area (Å²) in [4.78, 5) is 38.7. The molecule has 230 valence electrons. The summed E-state index contributed by atoms with van der Waals surface area (Å²) < 4.78 is 0.800. The van der Waals surface area contributed by atoms with Crippen LogP contribution in [-0.2, 0) is 14.4 Å². The molecular weight excluding hydrogens is 618 g/mol. The Kier molecular flexibility index (Phi) is 11.3. The number of rotatable bonds is 14. The number of hydrogen-bond acceptors (Lipinski definition) is 7. The number of imide groups is 1. The summed E-state index contributed by atoms with van der Waals surface area (Å²) in [5, 5.41) is 51.5. The second-order valence-electron chi connectivity index (χ2n) is 11.2. The van der Waals surface area contributed by atoms with Crippen LogP contribution in [0.5, 0.6) is 5.75 Å². The molecule has 4 rings (SSSR count). The third kappa shape index (κ3) is 7.62. The summed E-state index contributed by atoms with van der Waals surface area (Å²) in [5.74, 6) is -3.91. The zero-order valence-electron chi connectivity index (χ0n) is 23.9. The minimum absolute atomic E-state index is 0.0238. The fraction of sp³-hybridized carbons (Fsp3) is 0.424. The van der Waals surface area contributed by atoms with Crippen molar-refractivity contribution < 1.29 is 39.9 Å². The quantitative estimate of drug-likeness (QED) is 0.0869. The average Bonchev–Trinajstić information content (AvgIpc) is 3.24. The summed E-state index contributed by atoms with van der Waals surface area (Å²) in [5.41, 5.74) is 3.24. The van der Waals surface area contributed by atoms with Gasteiger partial charge in [-0.25, -0.2) is 0 Å². The molecule has 1 saturated heterocycles. The molecule has 1 aliphatic heterocycles. The number of phenols is 1. The molecule has 1 aliphatic carbocycles. The van der Waals surface area contributed by atoms with Gasteiger partial charge < -0.3 is 25.5 Å². The Balaban J connectivity index is 1.54. The summed E-state index contributed by atoms with van der Waals surface area (Å²) in [6.45, 7) is -0.700. The molecule has 0 saturated carbocycles. The second kappa shape index (κ2) is 14.9. The number of unbranched alkanes of at least 4 members (excludes halogenated alkanes) is 2. The number of aliphatic carboxylic acids is 1. The molecular formula is C33H38BrNO8. The second-order valence-corrected chi connectivity index (χ2v) is 12.1. The number of carboxylic acid groups (broad SMARTS) is 1. The van der Waals surface area contributed by atoms with E-state index in [0.717, 1.165) is 15.6 Å². The molecule has 43 heavy (non-hydrogen) atoms. The normalized spacial score (nSPS) is 21.3. The topological polar surface area (TPSA) is 156 Å². The highest BCUT2D eigenvalue weighted by Crippen LogP contribution is 2.46. The van der Waals surface area contributed by atoms with Crippen molar-refractivity contribution in [3.63, 3.8) is 0 Å². The number of carbonyl (C=O) groups excluding carboxylic acids is 2. The number of likely N-dealkylation sites (tertiary alicyclic amines) is 1. The van der Waals surface area contributed by atoms with Crippen LogP contribution in [-0.4, -0.2) is 74.1 Å². The Morgan fingerprint density at radius 3 is 2.44 bits per heavy atom. The van der Waals surface area contributed by atoms with Gasteiger partial charge in [-0.05, 0) is 78.7 Å². The molecule has 1 fully saturated rings. The lowest BCUT2D eigenvalue weighted by molar-refractivity contribution is -0.141. The number of phenolic OH excluding ortho intramolecular Hbond substituents is 1. The first-order chi connectivity index (χ1) is 20.7. The molecule has 2 amide bonds. The lowest BCUT2D eigenvalue weighted by atomic mass is 9.68. The Bertz CT molecular complexity index is 1390. The number of fused-ring (bicyclic) bond motifs is 1. The molecule has 0 spiro atoms. The van der Waals surface area contributed by atoms with E-state index in [9.17, 15) is 34.8 Å². The molecule has 2 aliphatic rings. The fourth-order valence-corrected chi connectivity index (χ4v) is 6.72. The third-order valence-corrected chi connectivity index (χ3v) is 8.94. The van der Waals surface area contributed by atoms with Crippen LogP contribution < -0.4 is 0 Å². The predicted octanol–water partition coefficient (Wildman–Crippen LogP) is 4.38. The van der Waals surface area contributed by atoms with E-state index in [0.29, 0.717) is 42.4 Å². The van der Waals surface area contributed by atoms with E-state index in [1.54, 1.807) is 18.2 Å². The summed E-state index contributed by atoms with van der Waals surface area (Å²) >= 11 is 3.44. The van der Waals surface area contributed by atoms with Crippen molar-refractivity contribution in [2.24, 2.45) is 17.8 Å². The average molecular weight is 657 g/mol. The maximum absolute atomic E-state index is 13.5. The fourth-order valence-electron chi connectivity index (χ4n) is 6.34. The predicted molar refractivity (Wildman–Crippen MR) is 164 cm³/mol.